The molecule has 0 aliphatic carbocycles. The summed E-state index contributed by atoms with van der Waals surface area (Å²) in [7, 11) is 0. The number of rotatable bonds is 42. The van der Waals surface area contributed by atoms with E-state index in [2.05, 4.69) is 31.3 Å². The van der Waals surface area contributed by atoms with Crippen LogP contribution in [0.5, 0.6) is 0 Å². The summed E-state index contributed by atoms with van der Waals surface area (Å²) in [6, 6.07) is -0.707. The highest BCUT2D eigenvalue weighted by molar-refractivity contribution is 5.80. The maximum absolute atomic E-state index is 12.5. The molecule has 0 heterocycles. The summed E-state index contributed by atoms with van der Waals surface area (Å²) >= 11 is 0. The van der Waals surface area contributed by atoms with Crippen molar-refractivity contribution >= 4 is 5.91 Å². The Balaban J connectivity index is 3.51. The Bertz CT molecular complexity index is 713. The highest BCUT2D eigenvalue weighted by Gasteiger charge is 2.23. The van der Waals surface area contributed by atoms with Gasteiger partial charge in [0.05, 0.1) is 18.8 Å². The molecular weight excluding hydrogens is 631 g/mol. The molecule has 0 saturated heterocycles. The van der Waals surface area contributed by atoms with Gasteiger partial charge in [-0.25, -0.2) is 0 Å². The lowest BCUT2D eigenvalue weighted by Crippen LogP contribution is -2.49. The van der Waals surface area contributed by atoms with Crippen molar-refractivity contribution in [3.05, 3.63) is 12.2 Å². The first-order chi connectivity index (χ1) is 25.1. The quantitative estimate of drug-likeness (QED) is 0.0373. The summed E-state index contributed by atoms with van der Waals surface area (Å²) in [6.07, 6.45) is 49.5. The minimum Gasteiger partial charge on any atom is -0.394 e. The van der Waals surface area contributed by atoms with E-state index in [-0.39, 0.29) is 6.61 Å². The van der Waals surface area contributed by atoms with Crippen molar-refractivity contribution < 1.29 is 20.1 Å². The van der Waals surface area contributed by atoms with Crippen molar-refractivity contribution in [1.29, 1.82) is 0 Å². The third-order valence-corrected chi connectivity index (χ3v) is 10.9. The number of carbonyl (C=O) groups excluding carboxylic acids is 1. The average molecular weight is 722 g/mol. The molecule has 51 heavy (non-hydrogen) atoms. The topological polar surface area (TPSA) is 89.8 Å². The van der Waals surface area contributed by atoms with E-state index in [1.807, 2.05) is 0 Å². The zero-order valence-corrected chi connectivity index (χ0v) is 34.5. The Morgan fingerprint density at radius 2 is 0.745 bits per heavy atom. The number of hydrogen-bond donors (Lipinski definition) is 4. The Labute approximate surface area is 319 Å². The van der Waals surface area contributed by atoms with E-state index in [0.717, 1.165) is 32.1 Å². The third-order valence-electron chi connectivity index (χ3n) is 10.9. The number of unbranched alkanes of at least 4 members (excludes halogenated alkanes) is 32. The molecule has 0 aromatic heterocycles. The fraction of sp³-hybridized carbons (Fsp3) is 0.935. The average Bonchev–Trinajstić information content (AvgIpc) is 3.13. The molecule has 4 N–H and O–H groups in total. The van der Waals surface area contributed by atoms with Crippen LogP contribution in [0.15, 0.2) is 12.2 Å². The van der Waals surface area contributed by atoms with Gasteiger partial charge in [-0.2, -0.15) is 0 Å². The van der Waals surface area contributed by atoms with Gasteiger partial charge < -0.3 is 20.6 Å². The Morgan fingerprint density at radius 1 is 0.451 bits per heavy atom. The van der Waals surface area contributed by atoms with E-state index in [1.165, 1.54) is 193 Å². The van der Waals surface area contributed by atoms with E-state index in [0.29, 0.717) is 12.8 Å². The molecule has 0 saturated carbocycles. The van der Waals surface area contributed by atoms with Crippen molar-refractivity contribution in [1.82, 2.24) is 5.32 Å². The van der Waals surface area contributed by atoms with Crippen molar-refractivity contribution in [3.8, 4) is 0 Å². The second-order valence-corrected chi connectivity index (χ2v) is 16.0. The number of amides is 1. The van der Waals surface area contributed by atoms with Crippen LogP contribution in [-0.2, 0) is 4.79 Å². The van der Waals surface area contributed by atoms with Crippen molar-refractivity contribution in [2.45, 2.75) is 270 Å². The Morgan fingerprint density at radius 3 is 1.08 bits per heavy atom. The summed E-state index contributed by atoms with van der Waals surface area (Å²) in [6.45, 7) is 4.22. The fourth-order valence-corrected chi connectivity index (χ4v) is 7.25. The first-order valence-electron chi connectivity index (χ1n) is 23.0. The summed E-state index contributed by atoms with van der Waals surface area (Å²) in [4.78, 5) is 12.5. The van der Waals surface area contributed by atoms with Crippen LogP contribution in [0, 0.1) is 0 Å². The Hall–Kier alpha value is -0.910. The molecule has 0 bridgehead atoms. The first kappa shape index (κ1) is 50.1. The van der Waals surface area contributed by atoms with Crippen LogP contribution in [0.25, 0.3) is 0 Å². The highest BCUT2D eigenvalue weighted by Crippen LogP contribution is 2.16. The molecule has 0 radical (unpaired) electrons. The van der Waals surface area contributed by atoms with Gasteiger partial charge in [0.15, 0.2) is 0 Å². The molecule has 0 spiro atoms. The Kier molecular flexibility index (Phi) is 41.1. The minimum atomic E-state index is -1.07. The second kappa shape index (κ2) is 41.8. The highest BCUT2D eigenvalue weighted by atomic mass is 16.3. The van der Waals surface area contributed by atoms with E-state index in [9.17, 15) is 20.1 Å². The van der Waals surface area contributed by atoms with Gasteiger partial charge in [0, 0.05) is 0 Å². The predicted octanol–water partition coefficient (Wildman–Crippen LogP) is 13.2. The van der Waals surface area contributed by atoms with Crippen LogP contribution >= 0.6 is 0 Å². The smallest absolute Gasteiger partial charge is 0.249 e. The van der Waals surface area contributed by atoms with Crippen LogP contribution < -0.4 is 5.32 Å². The summed E-state index contributed by atoms with van der Waals surface area (Å²) < 4.78 is 0. The third kappa shape index (κ3) is 37.2. The van der Waals surface area contributed by atoms with E-state index in [4.69, 9.17) is 0 Å². The van der Waals surface area contributed by atoms with Gasteiger partial charge in [-0.05, 0) is 38.5 Å². The number of nitrogens with one attached hydrogen (secondary N) is 1. The van der Waals surface area contributed by atoms with Gasteiger partial charge >= 0.3 is 0 Å². The second-order valence-electron chi connectivity index (χ2n) is 16.0. The molecule has 5 nitrogen and oxygen atoms in total. The van der Waals surface area contributed by atoms with Gasteiger partial charge in [0.2, 0.25) is 5.91 Å². The lowest BCUT2D eigenvalue weighted by atomic mass is 10.0. The van der Waals surface area contributed by atoms with Crippen LogP contribution in [0.1, 0.15) is 251 Å². The zero-order chi connectivity index (χ0) is 37.3. The molecule has 5 heteroatoms. The number of hydrogen-bond acceptors (Lipinski definition) is 4. The SMILES string of the molecule is CCCCCCCCCCCCCC/C=C\CCCCCCCCCCCCCC(O)C(=O)NC(CO)C(O)CCCCCCCCCCCC. The maximum atomic E-state index is 12.5. The molecule has 0 aromatic rings. The first-order valence-corrected chi connectivity index (χ1v) is 23.0. The maximum Gasteiger partial charge on any atom is 0.249 e. The molecule has 0 fully saturated rings. The summed E-state index contributed by atoms with van der Waals surface area (Å²) in [5, 5.41) is 33.2. The molecule has 3 unspecified atom stereocenters. The molecule has 0 aliphatic rings. The molecule has 304 valence electrons. The molecule has 0 aromatic carbocycles. The summed E-state index contributed by atoms with van der Waals surface area (Å²) in [5.74, 6) is -0.470. The molecule has 0 aliphatic heterocycles. The molecule has 0 rings (SSSR count). The van der Waals surface area contributed by atoms with Gasteiger partial charge in [0.1, 0.15) is 6.10 Å². The number of aliphatic hydroxyl groups is 3. The lowest BCUT2D eigenvalue weighted by Gasteiger charge is -2.23. The fourth-order valence-electron chi connectivity index (χ4n) is 7.25. The van der Waals surface area contributed by atoms with Crippen molar-refractivity contribution in [2.75, 3.05) is 6.61 Å². The largest absolute Gasteiger partial charge is 0.394 e. The van der Waals surface area contributed by atoms with Gasteiger partial charge in [0.25, 0.3) is 0 Å². The molecule has 3 atom stereocenters. The number of allylic oxidation sites excluding steroid dienone is 2. The zero-order valence-electron chi connectivity index (χ0n) is 34.5. The van der Waals surface area contributed by atoms with Gasteiger partial charge in [-0.1, -0.05) is 225 Å². The normalized spacial score (nSPS) is 13.6. The monoisotopic (exact) mass is 722 g/mol. The van der Waals surface area contributed by atoms with E-state index >= 15 is 0 Å². The van der Waals surface area contributed by atoms with E-state index < -0.39 is 24.2 Å². The standard InChI is InChI=1S/C46H91NO4/c1-3-5-7-9-11-13-15-16-17-18-19-20-21-22-23-24-25-26-27-28-29-30-31-33-35-37-39-41-45(50)46(51)47-43(42-48)44(49)40-38-36-34-32-14-12-10-8-6-4-2/h22-23,43-45,48-50H,3-21,24-42H2,1-2H3,(H,47,51)/b23-22-. The molecule has 1 amide bonds. The van der Waals surface area contributed by atoms with E-state index in [1.54, 1.807) is 0 Å². The molecular formula is C46H91NO4. The van der Waals surface area contributed by atoms with Gasteiger partial charge in [-0.3, -0.25) is 4.79 Å². The van der Waals surface area contributed by atoms with Gasteiger partial charge in [-0.15, -0.1) is 0 Å². The van der Waals surface area contributed by atoms with Crippen molar-refractivity contribution in [2.24, 2.45) is 0 Å². The van der Waals surface area contributed by atoms with Crippen LogP contribution in [0.2, 0.25) is 0 Å². The van der Waals surface area contributed by atoms with Crippen LogP contribution in [0.4, 0.5) is 0 Å². The van der Waals surface area contributed by atoms with Crippen molar-refractivity contribution in [3.63, 3.8) is 0 Å². The minimum absolute atomic E-state index is 0.311. The van der Waals surface area contributed by atoms with Crippen LogP contribution in [0.3, 0.4) is 0 Å². The lowest BCUT2D eigenvalue weighted by molar-refractivity contribution is -0.131. The summed E-state index contributed by atoms with van der Waals surface area (Å²) in [5.41, 5.74) is 0. The number of carbonyl (C=O) groups is 1. The predicted molar refractivity (Wildman–Crippen MR) is 222 cm³/mol. The van der Waals surface area contributed by atoms with Crippen LogP contribution in [-0.4, -0.2) is 46.1 Å². The number of aliphatic hydroxyl groups excluding tert-OH is 3.